The van der Waals surface area contributed by atoms with Crippen LogP contribution in [0.1, 0.15) is 32.1 Å². The molecule has 0 saturated heterocycles. The molecule has 0 aliphatic rings. The first-order valence-electron chi connectivity index (χ1n) is 6.94. The Hall–Kier alpha value is -0.390. The third kappa shape index (κ3) is 14.9. The van der Waals surface area contributed by atoms with Gasteiger partial charge in [-0.15, -0.1) is 0 Å². The molecule has 0 spiro atoms. The smallest absolute Gasteiger partial charge is 0.303 e. The molecule has 2 atom stereocenters. The van der Waals surface area contributed by atoms with Gasteiger partial charge in [0.05, 0.1) is 15.6 Å². The number of carboxylic acids is 1. The quantitative estimate of drug-likeness (QED) is 0.245. The number of unbranched alkanes of at least 4 members (excludes halogenated alkanes) is 1. The number of rotatable bonds is 9. The lowest BCUT2D eigenvalue weighted by molar-refractivity contribution is -0.137. The molecule has 0 heterocycles. The van der Waals surface area contributed by atoms with Gasteiger partial charge in [0.1, 0.15) is 0 Å². The zero-order valence-corrected chi connectivity index (χ0v) is 17.1. The average Bonchev–Trinajstić information content (AvgIpc) is 2.44. The summed E-state index contributed by atoms with van der Waals surface area (Å²) in [6.07, 6.45) is 6.90. The number of hydrogen-bond donors (Lipinski definition) is 3. The van der Waals surface area contributed by atoms with Crippen LogP contribution in [-0.4, -0.2) is 33.5 Å². The van der Waals surface area contributed by atoms with Crippen LogP contribution in [-0.2, 0) is 4.79 Å². The number of aliphatic hydroxyl groups is 2. The Kier molecular flexibility index (Phi) is 13.8. The topological polar surface area (TPSA) is 77.8 Å². The van der Waals surface area contributed by atoms with Gasteiger partial charge < -0.3 is 15.3 Å². The molecule has 0 amide bonds. The predicted octanol–water partition coefficient (Wildman–Crippen LogP) is 4.21. The van der Waals surface area contributed by atoms with Crippen LogP contribution in [0, 0.1) is 11.8 Å². The number of halogens is 3. The van der Waals surface area contributed by atoms with Crippen LogP contribution in [0.4, 0.5) is 0 Å². The summed E-state index contributed by atoms with van der Waals surface area (Å²) in [5, 5.41) is 28.0. The predicted molar refractivity (Wildman–Crippen MR) is 103 cm³/mol. The van der Waals surface area contributed by atoms with E-state index in [-0.39, 0.29) is 6.42 Å². The van der Waals surface area contributed by atoms with Crippen molar-refractivity contribution in [3.05, 3.63) is 32.2 Å². The van der Waals surface area contributed by atoms with Crippen LogP contribution in [0.15, 0.2) is 32.2 Å². The summed E-state index contributed by atoms with van der Waals surface area (Å²) in [7, 11) is 0. The molecular formula is C16H19Br3O4. The van der Waals surface area contributed by atoms with Crippen LogP contribution in [0.5, 0.6) is 0 Å². The molecule has 23 heavy (non-hydrogen) atoms. The number of aliphatic hydroxyl groups excluding tert-OH is 2. The highest BCUT2D eigenvalue weighted by molar-refractivity contribution is 9.28. The standard InChI is InChI=1S/C16H19Br3O4/c17-12(11-15(18)19)7-6-9-14(21)13(20)8-4-2-1-3-5-10-16(22)23/h4,7-8,11,13-14,20-21H,3,5-6,9-10H2,(H,22,23)/b8-4+,12-7+/t13-,14+/m1/s1. The summed E-state index contributed by atoms with van der Waals surface area (Å²) in [6.45, 7) is 0. The normalized spacial score (nSPS) is 14.0. The van der Waals surface area contributed by atoms with E-state index in [9.17, 15) is 15.0 Å². The van der Waals surface area contributed by atoms with Gasteiger partial charge in [-0.25, -0.2) is 0 Å². The van der Waals surface area contributed by atoms with Crippen molar-refractivity contribution in [3.8, 4) is 11.8 Å². The Morgan fingerprint density at radius 2 is 1.91 bits per heavy atom. The van der Waals surface area contributed by atoms with Crippen molar-refractivity contribution in [1.29, 1.82) is 0 Å². The maximum absolute atomic E-state index is 10.3. The van der Waals surface area contributed by atoms with E-state index >= 15 is 0 Å². The second-order valence-corrected chi connectivity index (χ2v) is 8.27. The van der Waals surface area contributed by atoms with Gasteiger partial charge in [0.2, 0.25) is 0 Å². The fourth-order valence-electron chi connectivity index (χ4n) is 1.46. The van der Waals surface area contributed by atoms with Crippen LogP contribution in [0.25, 0.3) is 0 Å². The fourth-order valence-corrected chi connectivity index (χ4v) is 3.03. The summed E-state index contributed by atoms with van der Waals surface area (Å²) < 4.78 is 1.67. The minimum absolute atomic E-state index is 0.101. The van der Waals surface area contributed by atoms with Gasteiger partial charge in [0, 0.05) is 17.3 Å². The summed E-state index contributed by atoms with van der Waals surface area (Å²) in [4.78, 5) is 10.3. The first kappa shape index (κ1) is 22.6. The largest absolute Gasteiger partial charge is 0.481 e. The lowest BCUT2D eigenvalue weighted by atomic mass is 10.1. The lowest BCUT2D eigenvalue weighted by Gasteiger charge is -2.12. The van der Waals surface area contributed by atoms with Crippen molar-refractivity contribution < 1.29 is 20.1 Å². The average molecular weight is 515 g/mol. The molecule has 0 fully saturated rings. The van der Waals surface area contributed by atoms with Gasteiger partial charge in [-0.1, -0.05) is 33.8 Å². The lowest BCUT2D eigenvalue weighted by Crippen LogP contribution is -2.23. The van der Waals surface area contributed by atoms with Gasteiger partial charge in [-0.3, -0.25) is 4.79 Å². The van der Waals surface area contributed by atoms with E-state index in [1.54, 1.807) is 0 Å². The van der Waals surface area contributed by atoms with Gasteiger partial charge in [0.25, 0.3) is 0 Å². The molecule has 0 unspecified atom stereocenters. The molecule has 0 aliphatic heterocycles. The van der Waals surface area contributed by atoms with Crippen molar-refractivity contribution in [2.24, 2.45) is 0 Å². The summed E-state index contributed by atoms with van der Waals surface area (Å²) in [6, 6.07) is 0. The maximum Gasteiger partial charge on any atom is 0.303 e. The van der Waals surface area contributed by atoms with Crippen molar-refractivity contribution in [2.75, 3.05) is 0 Å². The molecule has 0 aromatic carbocycles. The highest BCUT2D eigenvalue weighted by atomic mass is 79.9. The molecule has 0 aromatic rings. The zero-order valence-electron chi connectivity index (χ0n) is 12.4. The Labute approximate surface area is 161 Å². The van der Waals surface area contributed by atoms with Gasteiger partial charge in [-0.05, 0) is 69.4 Å². The van der Waals surface area contributed by atoms with Gasteiger partial charge >= 0.3 is 5.97 Å². The number of carboxylic acid groups (broad SMARTS) is 1. The zero-order chi connectivity index (χ0) is 17.7. The van der Waals surface area contributed by atoms with E-state index in [1.807, 2.05) is 12.2 Å². The third-order valence-electron chi connectivity index (χ3n) is 2.61. The molecular weight excluding hydrogens is 496 g/mol. The third-order valence-corrected chi connectivity index (χ3v) is 3.62. The second kappa shape index (κ2) is 14.0. The van der Waals surface area contributed by atoms with Crippen molar-refractivity contribution in [1.82, 2.24) is 0 Å². The summed E-state index contributed by atoms with van der Waals surface area (Å²) in [5.74, 6) is 4.66. The molecule has 0 aromatic heterocycles. The Morgan fingerprint density at radius 1 is 1.22 bits per heavy atom. The highest BCUT2D eigenvalue weighted by Crippen LogP contribution is 2.20. The van der Waals surface area contributed by atoms with E-state index in [2.05, 4.69) is 59.6 Å². The van der Waals surface area contributed by atoms with E-state index in [1.165, 1.54) is 12.2 Å². The van der Waals surface area contributed by atoms with Gasteiger partial charge in [0.15, 0.2) is 0 Å². The van der Waals surface area contributed by atoms with Crippen LogP contribution >= 0.6 is 47.8 Å². The van der Waals surface area contributed by atoms with Crippen LogP contribution in [0.3, 0.4) is 0 Å². The molecule has 0 aliphatic carbocycles. The molecule has 7 heteroatoms. The Balaban J connectivity index is 4.08. The number of aliphatic carboxylic acids is 1. The molecule has 3 N–H and O–H groups in total. The van der Waals surface area contributed by atoms with E-state index in [0.29, 0.717) is 25.7 Å². The highest BCUT2D eigenvalue weighted by Gasteiger charge is 2.11. The minimum Gasteiger partial charge on any atom is -0.481 e. The molecule has 128 valence electrons. The molecule has 0 radical (unpaired) electrons. The van der Waals surface area contributed by atoms with Crippen molar-refractivity contribution >= 4 is 53.8 Å². The number of carbonyl (C=O) groups is 1. The molecule has 0 saturated carbocycles. The first-order valence-corrected chi connectivity index (χ1v) is 9.32. The number of allylic oxidation sites excluding steroid dienone is 4. The van der Waals surface area contributed by atoms with Crippen molar-refractivity contribution in [3.63, 3.8) is 0 Å². The van der Waals surface area contributed by atoms with E-state index in [4.69, 9.17) is 5.11 Å². The van der Waals surface area contributed by atoms with E-state index < -0.39 is 18.2 Å². The number of hydrogen-bond acceptors (Lipinski definition) is 3. The molecule has 0 rings (SSSR count). The van der Waals surface area contributed by atoms with E-state index in [0.717, 1.165) is 7.87 Å². The minimum atomic E-state index is -0.978. The van der Waals surface area contributed by atoms with Crippen LogP contribution in [0.2, 0.25) is 0 Å². The van der Waals surface area contributed by atoms with Crippen LogP contribution < -0.4 is 0 Å². The van der Waals surface area contributed by atoms with Crippen molar-refractivity contribution in [2.45, 2.75) is 44.3 Å². The summed E-state index contributed by atoms with van der Waals surface area (Å²) >= 11 is 9.84. The Bertz CT molecular complexity index is 511. The Morgan fingerprint density at radius 3 is 2.52 bits per heavy atom. The molecule has 4 nitrogen and oxygen atoms in total. The molecule has 0 bridgehead atoms. The first-order chi connectivity index (χ1) is 10.8. The SMILES string of the molecule is O=C(O)CCCC#C/C=C/[C@@H](O)[C@@H](O)CC/C=C(/Br)C=C(Br)Br. The fraction of sp³-hybridized carbons (Fsp3) is 0.438. The summed E-state index contributed by atoms with van der Waals surface area (Å²) in [5.41, 5.74) is 0. The monoisotopic (exact) mass is 512 g/mol. The second-order valence-electron chi connectivity index (χ2n) is 4.59. The maximum atomic E-state index is 10.3. The van der Waals surface area contributed by atoms with Gasteiger partial charge in [-0.2, -0.15) is 0 Å².